The summed E-state index contributed by atoms with van der Waals surface area (Å²) in [4.78, 5) is 12.2. The molecule has 3 N–H and O–H groups in total. The second-order valence-corrected chi connectivity index (χ2v) is 8.05. The molecule has 0 unspecified atom stereocenters. The zero-order valence-electron chi connectivity index (χ0n) is 14.0. The zero-order chi connectivity index (χ0) is 18.3. The molecule has 0 saturated heterocycles. The molecule has 0 spiro atoms. The largest absolute Gasteiger partial charge is 0.492 e. The van der Waals surface area contributed by atoms with Crippen LogP contribution in [0.2, 0.25) is 0 Å². The molecule has 2 rings (SSSR count). The third-order valence-corrected chi connectivity index (χ3v) is 4.37. The summed E-state index contributed by atoms with van der Waals surface area (Å²) in [7, 11) is -3.08. The highest BCUT2D eigenvalue weighted by Gasteiger charge is 2.14. The van der Waals surface area contributed by atoms with E-state index >= 15 is 0 Å². The van der Waals surface area contributed by atoms with Crippen molar-refractivity contribution in [1.82, 2.24) is 0 Å². The van der Waals surface area contributed by atoms with Crippen molar-refractivity contribution >= 4 is 21.4 Å². The molecule has 134 valence electrons. The van der Waals surface area contributed by atoms with Crippen LogP contribution >= 0.6 is 0 Å². The van der Waals surface area contributed by atoms with E-state index in [2.05, 4.69) is 5.32 Å². The summed E-state index contributed by atoms with van der Waals surface area (Å²) in [5, 5.41) is 2.75. The van der Waals surface area contributed by atoms with E-state index in [0.717, 1.165) is 11.8 Å². The van der Waals surface area contributed by atoms with Crippen molar-refractivity contribution in [2.45, 2.75) is 12.5 Å². The Bertz CT molecular complexity index is 807. The minimum absolute atomic E-state index is 0.0593. The van der Waals surface area contributed by atoms with E-state index in [9.17, 15) is 13.2 Å². The molecule has 0 aliphatic heterocycles. The quantitative estimate of drug-likeness (QED) is 0.743. The van der Waals surface area contributed by atoms with Gasteiger partial charge < -0.3 is 15.8 Å². The maximum absolute atomic E-state index is 12.2. The number of sulfone groups is 1. The van der Waals surface area contributed by atoms with Gasteiger partial charge in [-0.25, -0.2) is 8.42 Å². The van der Waals surface area contributed by atoms with Gasteiger partial charge in [0.05, 0.1) is 11.8 Å². The highest BCUT2D eigenvalue weighted by molar-refractivity contribution is 7.90. The van der Waals surface area contributed by atoms with E-state index in [-0.39, 0.29) is 18.3 Å². The van der Waals surface area contributed by atoms with Gasteiger partial charge in [0.25, 0.3) is 0 Å². The second kappa shape index (κ2) is 8.64. The maximum atomic E-state index is 12.2. The minimum atomic E-state index is -3.08. The van der Waals surface area contributed by atoms with Crippen LogP contribution < -0.4 is 15.8 Å². The van der Waals surface area contributed by atoms with E-state index < -0.39 is 15.9 Å². The van der Waals surface area contributed by atoms with Gasteiger partial charge in [0.2, 0.25) is 5.91 Å². The maximum Gasteiger partial charge on any atom is 0.241 e. The lowest BCUT2D eigenvalue weighted by Gasteiger charge is -2.13. The molecule has 25 heavy (non-hydrogen) atoms. The molecule has 0 heterocycles. The Kier molecular flexibility index (Phi) is 6.55. The predicted octanol–water partition coefficient (Wildman–Crippen LogP) is 1.62. The van der Waals surface area contributed by atoms with Gasteiger partial charge in [-0.3, -0.25) is 4.79 Å². The van der Waals surface area contributed by atoms with E-state index in [1.54, 1.807) is 24.3 Å². The van der Waals surface area contributed by atoms with E-state index in [1.807, 2.05) is 30.3 Å². The van der Waals surface area contributed by atoms with Crippen LogP contribution in [0.1, 0.15) is 5.56 Å². The molecular weight excluding hydrogens is 340 g/mol. The molecule has 6 nitrogen and oxygen atoms in total. The van der Waals surface area contributed by atoms with Gasteiger partial charge in [-0.15, -0.1) is 0 Å². The van der Waals surface area contributed by atoms with Crippen molar-refractivity contribution in [1.29, 1.82) is 0 Å². The minimum Gasteiger partial charge on any atom is -0.492 e. The fourth-order valence-corrected chi connectivity index (χ4v) is 2.56. The number of hydrogen-bond acceptors (Lipinski definition) is 5. The molecule has 2 aromatic carbocycles. The number of amides is 1. The first-order valence-corrected chi connectivity index (χ1v) is 9.90. The summed E-state index contributed by atoms with van der Waals surface area (Å²) in [5.74, 6) is 0.126. The van der Waals surface area contributed by atoms with Gasteiger partial charge >= 0.3 is 0 Å². The number of rotatable bonds is 8. The molecule has 0 saturated carbocycles. The summed E-state index contributed by atoms with van der Waals surface area (Å²) in [6.07, 6.45) is 1.60. The predicted molar refractivity (Wildman–Crippen MR) is 98.4 cm³/mol. The first-order chi connectivity index (χ1) is 11.8. The topological polar surface area (TPSA) is 98.5 Å². The third kappa shape index (κ3) is 6.94. The van der Waals surface area contributed by atoms with Crippen molar-refractivity contribution in [3.05, 3.63) is 60.2 Å². The van der Waals surface area contributed by atoms with E-state index in [0.29, 0.717) is 17.9 Å². The van der Waals surface area contributed by atoms with Crippen LogP contribution in [0, 0.1) is 0 Å². The number of carbonyl (C=O) groups excluding carboxylic acids is 1. The van der Waals surface area contributed by atoms with Crippen LogP contribution in [0.4, 0.5) is 5.69 Å². The molecule has 0 bridgehead atoms. The van der Waals surface area contributed by atoms with E-state index in [4.69, 9.17) is 10.5 Å². The molecule has 7 heteroatoms. The molecule has 1 atom stereocenters. The van der Waals surface area contributed by atoms with Crippen LogP contribution in [0.15, 0.2) is 54.6 Å². The normalized spacial score (nSPS) is 12.4. The van der Waals surface area contributed by atoms with Crippen molar-refractivity contribution in [3.8, 4) is 5.75 Å². The molecule has 0 aliphatic carbocycles. The average molecular weight is 362 g/mol. The Labute approximate surface area is 147 Å². The molecule has 0 radical (unpaired) electrons. The van der Waals surface area contributed by atoms with Gasteiger partial charge in [-0.1, -0.05) is 36.4 Å². The number of ether oxygens (including phenoxy) is 1. The smallest absolute Gasteiger partial charge is 0.241 e. The first-order valence-electron chi connectivity index (χ1n) is 7.84. The average Bonchev–Trinajstić information content (AvgIpc) is 2.55. The second-order valence-electron chi connectivity index (χ2n) is 5.79. The lowest BCUT2D eigenvalue weighted by Crippen LogP contribution is -2.37. The van der Waals surface area contributed by atoms with Crippen molar-refractivity contribution in [2.24, 2.45) is 5.73 Å². The molecular formula is C18H22N2O4S. The van der Waals surface area contributed by atoms with Crippen molar-refractivity contribution in [3.63, 3.8) is 0 Å². The number of hydrogen-bond donors (Lipinski definition) is 2. The molecule has 0 aromatic heterocycles. The zero-order valence-corrected chi connectivity index (χ0v) is 14.8. The van der Waals surface area contributed by atoms with Crippen LogP contribution in [-0.2, 0) is 21.1 Å². The van der Waals surface area contributed by atoms with Gasteiger partial charge in [0.1, 0.15) is 12.4 Å². The Balaban J connectivity index is 1.91. The summed E-state index contributed by atoms with van der Waals surface area (Å²) in [5.41, 5.74) is 7.49. The lowest BCUT2D eigenvalue weighted by molar-refractivity contribution is -0.117. The number of benzene rings is 2. The highest BCUT2D eigenvalue weighted by atomic mass is 32.2. The fraction of sp³-hybridized carbons (Fsp3) is 0.278. The fourth-order valence-electron chi connectivity index (χ4n) is 2.17. The van der Waals surface area contributed by atoms with Gasteiger partial charge in [-0.2, -0.15) is 0 Å². The molecule has 0 aliphatic rings. The Hall–Kier alpha value is -2.38. The summed E-state index contributed by atoms with van der Waals surface area (Å²) < 4.78 is 27.6. The van der Waals surface area contributed by atoms with E-state index in [1.165, 1.54) is 0 Å². The number of anilines is 1. The summed E-state index contributed by atoms with van der Waals surface area (Å²) in [6.45, 7) is 0.0593. The van der Waals surface area contributed by atoms with Crippen LogP contribution in [0.5, 0.6) is 5.75 Å². The molecule has 2 aromatic rings. The summed E-state index contributed by atoms with van der Waals surface area (Å²) >= 11 is 0. The van der Waals surface area contributed by atoms with Gasteiger partial charge in [-0.05, 0) is 24.1 Å². The third-order valence-electron chi connectivity index (χ3n) is 3.46. The van der Waals surface area contributed by atoms with Gasteiger partial charge in [0, 0.05) is 18.0 Å². The van der Waals surface area contributed by atoms with Crippen molar-refractivity contribution in [2.75, 3.05) is 23.9 Å². The lowest BCUT2D eigenvalue weighted by atomic mass is 10.1. The number of nitrogens with two attached hydrogens (primary N) is 1. The highest BCUT2D eigenvalue weighted by Crippen LogP contribution is 2.17. The Morgan fingerprint density at radius 1 is 1.16 bits per heavy atom. The summed E-state index contributed by atoms with van der Waals surface area (Å²) in [6, 6.07) is 15.6. The van der Waals surface area contributed by atoms with Crippen LogP contribution in [-0.4, -0.2) is 39.0 Å². The van der Waals surface area contributed by atoms with Crippen LogP contribution in [0.25, 0.3) is 0 Å². The monoisotopic (exact) mass is 362 g/mol. The molecule has 1 amide bonds. The van der Waals surface area contributed by atoms with Crippen molar-refractivity contribution < 1.29 is 17.9 Å². The molecule has 0 fully saturated rings. The number of nitrogens with one attached hydrogen (secondary N) is 1. The van der Waals surface area contributed by atoms with Gasteiger partial charge in [0.15, 0.2) is 9.84 Å². The standard InChI is InChI=1S/C18H22N2O4S/c1-25(22,23)11-10-24-16-9-5-8-15(13-16)20-18(21)17(19)12-14-6-3-2-4-7-14/h2-9,13,17H,10-12,19H2,1H3,(H,20,21)/t17-/m0/s1. The number of carbonyl (C=O) groups is 1. The Morgan fingerprint density at radius 3 is 2.56 bits per heavy atom. The van der Waals surface area contributed by atoms with Crippen LogP contribution in [0.3, 0.4) is 0 Å². The SMILES string of the molecule is CS(=O)(=O)CCOc1cccc(NC(=O)[C@@H](N)Cc2ccccc2)c1. The Morgan fingerprint density at radius 2 is 1.88 bits per heavy atom. The first kappa shape index (κ1) is 19.0.